The van der Waals surface area contributed by atoms with E-state index in [1.54, 1.807) is 20.1 Å². The van der Waals surface area contributed by atoms with E-state index in [0.29, 0.717) is 0 Å². The van der Waals surface area contributed by atoms with Crippen LogP contribution in [0.15, 0.2) is 60.5 Å². The molecule has 11 nitrogen and oxygen atoms in total. The van der Waals surface area contributed by atoms with E-state index in [1.807, 2.05) is 30.3 Å². The third-order valence-electron chi connectivity index (χ3n) is 5.26. The van der Waals surface area contributed by atoms with Crippen LogP contribution in [0, 0.1) is 5.41 Å². The van der Waals surface area contributed by atoms with Gasteiger partial charge in [0.25, 0.3) is 0 Å². The predicted molar refractivity (Wildman–Crippen MR) is 158 cm³/mol. The first-order valence-electron chi connectivity index (χ1n) is 12.0. The molecule has 1 unspecified atom stereocenters. The van der Waals surface area contributed by atoms with Gasteiger partial charge in [-0.1, -0.05) is 42.1 Å². The van der Waals surface area contributed by atoms with Crippen molar-refractivity contribution in [3.05, 3.63) is 71.8 Å². The van der Waals surface area contributed by atoms with Crippen molar-refractivity contribution >= 4 is 42.2 Å². The van der Waals surface area contributed by atoms with Crippen LogP contribution in [0.3, 0.4) is 0 Å². The number of hydrogen-bond donors (Lipinski definition) is 4. The molecule has 0 amide bonds. The number of aliphatic hydroxyl groups is 2. The molecule has 0 saturated heterocycles. The van der Waals surface area contributed by atoms with E-state index in [-0.39, 0.29) is 54.7 Å². The molecule has 2 rings (SSSR count). The van der Waals surface area contributed by atoms with Gasteiger partial charge in [-0.3, -0.25) is 18.4 Å². The molecule has 0 aliphatic carbocycles. The minimum absolute atomic E-state index is 0.0317. The molecule has 1 heterocycles. The summed E-state index contributed by atoms with van der Waals surface area (Å²) in [5, 5.41) is 22.2. The highest BCUT2D eigenvalue weighted by atomic mass is 32.2. The first kappa shape index (κ1) is 35.1. The van der Waals surface area contributed by atoms with Gasteiger partial charge in [-0.05, 0) is 31.7 Å². The van der Waals surface area contributed by atoms with Gasteiger partial charge in [0.1, 0.15) is 12.0 Å². The summed E-state index contributed by atoms with van der Waals surface area (Å²) in [5.41, 5.74) is 4.81. The van der Waals surface area contributed by atoms with Crippen LogP contribution in [0.4, 0.5) is 5.82 Å². The molecule has 39 heavy (non-hydrogen) atoms. The predicted octanol–water partition coefficient (Wildman–Crippen LogP) is 3.45. The molecule has 218 valence electrons. The molecule has 0 bridgehead atoms. The number of nitrogens with two attached hydrogens (primary N) is 1. The number of carbonyl (C=O) groups is 1. The van der Waals surface area contributed by atoms with Gasteiger partial charge in [-0.25, -0.2) is 14.4 Å². The number of anilines is 1. The number of carbonyl (C=O) groups excluding carboxylic acids is 1. The van der Waals surface area contributed by atoms with Crippen molar-refractivity contribution in [1.82, 2.24) is 14.6 Å². The van der Waals surface area contributed by atoms with Crippen molar-refractivity contribution in [3.8, 4) is 0 Å². The number of aliphatic hydroxyl groups excluding tert-OH is 2. The molecule has 0 spiro atoms. The molecule has 0 radical (unpaired) electrons. The number of nitrogen functional groups attached to an aromatic ring is 1. The Bertz CT molecular complexity index is 1120. The lowest BCUT2D eigenvalue weighted by Gasteiger charge is -2.24. The summed E-state index contributed by atoms with van der Waals surface area (Å²) in [6.45, 7) is 9.16. The van der Waals surface area contributed by atoms with Crippen LogP contribution in [0.25, 0.3) is 0 Å². The SMILES string of the molecule is C=C.CS[C@H](COP(=O)(NCc1ccccc1)OCCSC(=O)C(C)(C)CO)C[C@H](O)n1ccc(N)nc1=O. The lowest BCUT2D eigenvalue weighted by Crippen LogP contribution is -2.30. The highest BCUT2D eigenvalue weighted by Crippen LogP contribution is 2.45. The topological polar surface area (TPSA) is 166 Å². The summed E-state index contributed by atoms with van der Waals surface area (Å²) in [5.74, 6) is 0.279. The van der Waals surface area contributed by atoms with E-state index >= 15 is 0 Å². The third-order valence-corrected chi connectivity index (χ3v) is 8.99. The second kappa shape index (κ2) is 17.7. The second-order valence-electron chi connectivity index (χ2n) is 8.74. The zero-order valence-corrected chi connectivity index (χ0v) is 25.1. The van der Waals surface area contributed by atoms with Crippen LogP contribution in [0.2, 0.25) is 0 Å². The maximum absolute atomic E-state index is 13.5. The molecular formula is C25H39N4O7PS2. The number of nitrogens with zero attached hydrogens (tertiary/aromatic N) is 2. The Morgan fingerprint density at radius 2 is 1.92 bits per heavy atom. The number of rotatable bonds is 16. The van der Waals surface area contributed by atoms with E-state index in [1.165, 1.54) is 24.0 Å². The van der Waals surface area contributed by atoms with Gasteiger partial charge in [-0.15, -0.1) is 13.2 Å². The van der Waals surface area contributed by atoms with Crippen molar-refractivity contribution in [2.24, 2.45) is 5.41 Å². The van der Waals surface area contributed by atoms with E-state index in [9.17, 15) is 24.4 Å². The van der Waals surface area contributed by atoms with Crippen molar-refractivity contribution in [2.75, 3.05) is 37.6 Å². The molecule has 14 heteroatoms. The molecule has 1 aromatic carbocycles. The Morgan fingerprint density at radius 1 is 1.26 bits per heavy atom. The summed E-state index contributed by atoms with van der Waals surface area (Å²) in [6.07, 6.45) is 2.10. The molecule has 0 saturated carbocycles. The Kier molecular flexibility index (Phi) is 15.9. The first-order chi connectivity index (χ1) is 18.5. The van der Waals surface area contributed by atoms with Gasteiger partial charge in [-0.2, -0.15) is 16.7 Å². The van der Waals surface area contributed by atoms with Crippen LogP contribution in [-0.2, 0) is 25.0 Å². The average Bonchev–Trinajstić information content (AvgIpc) is 2.93. The van der Waals surface area contributed by atoms with Crippen LogP contribution in [0.5, 0.6) is 0 Å². The molecule has 0 aliphatic heterocycles. The average molecular weight is 603 g/mol. The lowest BCUT2D eigenvalue weighted by molar-refractivity contribution is -0.119. The summed E-state index contributed by atoms with van der Waals surface area (Å²) in [4.78, 5) is 27.9. The summed E-state index contributed by atoms with van der Waals surface area (Å²) < 4.78 is 25.9. The Balaban J connectivity index is 0.00000371. The summed E-state index contributed by atoms with van der Waals surface area (Å²) in [7, 11) is -3.81. The first-order valence-corrected chi connectivity index (χ1v) is 15.8. The largest absolute Gasteiger partial charge is 0.405 e. The van der Waals surface area contributed by atoms with Crippen molar-refractivity contribution in [2.45, 2.75) is 38.3 Å². The fourth-order valence-corrected chi connectivity index (χ4v) is 5.82. The number of hydrogen-bond acceptors (Lipinski definition) is 11. The Hall–Kier alpha value is -1.96. The highest BCUT2D eigenvalue weighted by Gasteiger charge is 2.29. The van der Waals surface area contributed by atoms with Crippen LogP contribution in [0.1, 0.15) is 32.1 Å². The maximum atomic E-state index is 13.5. The molecule has 0 fully saturated rings. The van der Waals surface area contributed by atoms with Gasteiger partial charge in [0.2, 0.25) is 0 Å². The standard InChI is InChI=1S/C23H35N4O7PS2.C2H4/c1-23(2,16-28)21(30)37-12-11-33-35(32,25-14-17-7-5-4-6-8-17)34-15-18(36-3)13-20(29)27-10-9-19(24)26-22(27)31;1-2/h4-10,18,20,28-29H,11-16H2,1-3H3,(H,25,32)(H2,24,26,31);1-2H2/t18-,20-,35?;/m0./s1. The van der Waals surface area contributed by atoms with Crippen molar-refractivity contribution in [1.29, 1.82) is 0 Å². The second-order valence-corrected chi connectivity index (χ2v) is 12.8. The monoisotopic (exact) mass is 602 g/mol. The van der Waals surface area contributed by atoms with Crippen molar-refractivity contribution in [3.63, 3.8) is 0 Å². The normalized spacial score (nSPS) is 14.5. The minimum atomic E-state index is -3.81. The third kappa shape index (κ3) is 12.4. The number of thioether (sulfide) groups is 2. The fourth-order valence-electron chi connectivity index (χ4n) is 2.88. The van der Waals surface area contributed by atoms with Gasteiger partial charge >= 0.3 is 13.4 Å². The zero-order chi connectivity index (χ0) is 29.5. The zero-order valence-electron chi connectivity index (χ0n) is 22.5. The number of benzene rings is 1. The van der Waals surface area contributed by atoms with Crippen molar-refractivity contribution < 1.29 is 28.6 Å². The van der Waals surface area contributed by atoms with E-state index < -0.39 is 25.1 Å². The molecule has 0 aliphatic rings. The molecule has 3 atom stereocenters. The Labute approximate surface area is 238 Å². The van der Waals surface area contributed by atoms with Crippen LogP contribution in [-0.4, -0.2) is 62.0 Å². The maximum Gasteiger partial charge on any atom is 0.405 e. The van der Waals surface area contributed by atoms with Gasteiger partial charge in [0.15, 0.2) is 5.12 Å². The number of nitrogens with one attached hydrogen (secondary N) is 1. The molecule has 1 aromatic heterocycles. The van der Waals surface area contributed by atoms with E-state index in [4.69, 9.17) is 14.8 Å². The lowest BCUT2D eigenvalue weighted by atomic mass is 9.97. The molecular weight excluding hydrogens is 563 g/mol. The number of aromatic nitrogens is 2. The molecule has 5 N–H and O–H groups in total. The van der Waals surface area contributed by atoms with Gasteiger partial charge in [0, 0.05) is 30.2 Å². The van der Waals surface area contributed by atoms with Gasteiger partial charge < -0.3 is 15.9 Å². The van der Waals surface area contributed by atoms with E-state index in [0.717, 1.165) is 21.9 Å². The van der Waals surface area contributed by atoms with Gasteiger partial charge in [0.05, 0.1) is 25.2 Å². The highest BCUT2D eigenvalue weighted by molar-refractivity contribution is 8.13. The summed E-state index contributed by atoms with van der Waals surface area (Å²) >= 11 is 2.36. The Morgan fingerprint density at radius 3 is 2.51 bits per heavy atom. The minimum Gasteiger partial charge on any atom is -0.395 e. The quantitative estimate of drug-likeness (QED) is 0.126. The fraction of sp³-hybridized carbons (Fsp3) is 0.480. The van der Waals surface area contributed by atoms with E-state index in [2.05, 4.69) is 23.2 Å². The molecule has 2 aromatic rings. The smallest absolute Gasteiger partial charge is 0.395 e. The van der Waals surface area contributed by atoms with Crippen LogP contribution < -0.4 is 16.5 Å². The van der Waals surface area contributed by atoms with Crippen LogP contribution >= 0.6 is 31.3 Å². The summed E-state index contributed by atoms with van der Waals surface area (Å²) in [6, 6.07) is 10.7.